The molecule has 0 radical (unpaired) electrons. The fraction of sp³-hybridized carbons (Fsp3) is 0.290. The molecule has 1 saturated carbocycles. The number of hydrogen-bond donors (Lipinski definition) is 1. The van der Waals surface area contributed by atoms with Crippen molar-refractivity contribution in [2.24, 2.45) is 5.10 Å². The second-order valence-corrected chi connectivity index (χ2v) is 11.4. The summed E-state index contributed by atoms with van der Waals surface area (Å²) in [6, 6.07) is 14.9. The fourth-order valence-corrected chi connectivity index (χ4v) is 5.92. The van der Waals surface area contributed by atoms with E-state index in [4.69, 9.17) is 14.5 Å². The highest BCUT2D eigenvalue weighted by Gasteiger charge is 2.23. The van der Waals surface area contributed by atoms with Crippen molar-refractivity contribution in [3.05, 3.63) is 91.1 Å². The Balaban J connectivity index is 1.46. The molecule has 0 unspecified atom stereocenters. The van der Waals surface area contributed by atoms with E-state index in [0.29, 0.717) is 43.6 Å². The SMILES string of the molecule is CCOc1cc(C=Nn2c(C3CCCCC3)nc3ccccc3c2=O)c(Br)c(Br)c1OCC(=O)Nc1ccccc1F. The van der Waals surface area contributed by atoms with Gasteiger partial charge in [0.2, 0.25) is 0 Å². The van der Waals surface area contributed by atoms with Gasteiger partial charge in [-0.3, -0.25) is 9.59 Å². The van der Waals surface area contributed by atoms with Crippen LogP contribution in [0.15, 0.2) is 73.4 Å². The molecule has 1 heterocycles. The van der Waals surface area contributed by atoms with Crippen LogP contribution in [0.2, 0.25) is 0 Å². The van der Waals surface area contributed by atoms with Gasteiger partial charge in [-0.15, -0.1) is 0 Å². The summed E-state index contributed by atoms with van der Waals surface area (Å²) < 4.78 is 28.1. The van der Waals surface area contributed by atoms with Crippen molar-refractivity contribution in [1.29, 1.82) is 0 Å². The van der Waals surface area contributed by atoms with E-state index in [9.17, 15) is 14.0 Å². The number of hydrogen-bond acceptors (Lipinski definition) is 6. The third kappa shape index (κ3) is 6.57. The fourth-order valence-electron chi connectivity index (χ4n) is 4.98. The molecule has 0 spiro atoms. The molecule has 0 aliphatic heterocycles. The lowest BCUT2D eigenvalue weighted by Crippen LogP contribution is -2.25. The molecule has 11 heteroatoms. The Morgan fingerprint density at radius 2 is 1.83 bits per heavy atom. The van der Waals surface area contributed by atoms with Crippen LogP contribution in [0.3, 0.4) is 0 Å². The Hall–Kier alpha value is -3.57. The first-order valence-corrected chi connectivity index (χ1v) is 15.3. The number of carbonyl (C=O) groups excluding carboxylic acids is 1. The van der Waals surface area contributed by atoms with Crippen LogP contribution >= 0.6 is 31.9 Å². The predicted molar refractivity (Wildman–Crippen MR) is 168 cm³/mol. The van der Waals surface area contributed by atoms with Gasteiger partial charge in [-0.25, -0.2) is 9.37 Å². The van der Waals surface area contributed by atoms with Gasteiger partial charge in [0.25, 0.3) is 11.5 Å². The molecule has 1 amide bonds. The number of ether oxygens (including phenoxy) is 2. The summed E-state index contributed by atoms with van der Waals surface area (Å²) in [5, 5.41) is 7.63. The van der Waals surface area contributed by atoms with Gasteiger partial charge in [0.1, 0.15) is 11.6 Å². The summed E-state index contributed by atoms with van der Waals surface area (Å²) in [6.07, 6.45) is 6.86. The Morgan fingerprint density at radius 3 is 2.60 bits per heavy atom. The number of anilines is 1. The molecule has 1 N–H and O–H groups in total. The van der Waals surface area contributed by atoms with Crippen molar-refractivity contribution < 1.29 is 18.7 Å². The second kappa shape index (κ2) is 13.6. The van der Waals surface area contributed by atoms with Crippen LogP contribution in [0.25, 0.3) is 10.9 Å². The number of rotatable bonds is 9. The van der Waals surface area contributed by atoms with Gasteiger partial charge >= 0.3 is 0 Å². The molecule has 0 atom stereocenters. The number of amides is 1. The van der Waals surface area contributed by atoms with Crippen LogP contribution in [0.1, 0.15) is 56.3 Å². The second-order valence-electron chi connectivity index (χ2n) is 9.85. The number of aromatic nitrogens is 2. The minimum atomic E-state index is -0.541. The van der Waals surface area contributed by atoms with E-state index in [2.05, 4.69) is 42.3 Å². The average Bonchev–Trinajstić information content (AvgIpc) is 3.00. The normalized spacial score (nSPS) is 13.9. The molecule has 0 saturated heterocycles. The van der Waals surface area contributed by atoms with Crippen molar-refractivity contribution in [2.45, 2.75) is 44.9 Å². The molecule has 1 aliphatic rings. The predicted octanol–water partition coefficient (Wildman–Crippen LogP) is 7.41. The molecule has 218 valence electrons. The van der Waals surface area contributed by atoms with Crippen LogP contribution in [0, 0.1) is 5.82 Å². The molecule has 0 bridgehead atoms. The third-order valence-electron chi connectivity index (χ3n) is 7.01. The lowest BCUT2D eigenvalue weighted by molar-refractivity contribution is -0.118. The number of fused-ring (bicyclic) bond motifs is 1. The van der Waals surface area contributed by atoms with E-state index >= 15 is 0 Å². The summed E-state index contributed by atoms with van der Waals surface area (Å²) >= 11 is 7.13. The van der Waals surface area contributed by atoms with Gasteiger partial charge in [-0.1, -0.05) is 43.5 Å². The van der Waals surface area contributed by atoms with Crippen LogP contribution in [-0.2, 0) is 4.79 Å². The first kappa shape index (κ1) is 29.9. The molecule has 1 aliphatic carbocycles. The van der Waals surface area contributed by atoms with Crippen molar-refractivity contribution in [2.75, 3.05) is 18.5 Å². The van der Waals surface area contributed by atoms with Gasteiger partial charge < -0.3 is 14.8 Å². The largest absolute Gasteiger partial charge is 0.490 e. The van der Waals surface area contributed by atoms with Crippen LogP contribution < -0.4 is 20.3 Å². The summed E-state index contributed by atoms with van der Waals surface area (Å²) in [5.74, 6) is 0.390. The van der Waals surface area contributed by atoms with E-state index in [-0.39, 0.29) is 29.5 Å². The molecule has 5 rings (SSSR count). The van der Waals surface area contributed by atoms with Crippen molar-refractivity contribution >= 4 is 60.6 Å². The Labute approximate surface area is 259 Å². The summed E-state index contributed by atoms with van der Waals surface area (Å²) in [4.78, 5) is 30.9. The highest BCUT2D eigenvalue weighted by atomic mass is 79.9. The topological polar surface area (TPSA) is 94.8 Å². The number of nitrogens with zero attached hydrogens (tertiary/aromatic N) is 3. The lowest BCUT2D eigenvalue weighted by atomic mass is 9.88. The van der Waals surface area contributed by atoms with E-state index in [1.165, 1.54) is 23.2 Å². The maximum atomic E-state index is 13.9. The van der Waals surface area contributed by atoms with Gasteiger partial charge in [0, 0.05) is 16.0 Å². The van der Waals surface area contributed by atoms with Crippen LogP contribution in [0.4, 0.5) is 10.1 Å². The zero-order valence-corrected chi connectivity index (χ0v) is 26.1. The van der Waals surface area contributed by atoms with Gasteiger partial charge in [0.15, 0.2) is 18.1 Å². The summed E-state index contributed by atoms with van der Waals surface area (Å²) in [5.41, 5.74) is 1.12. The molecule has 42 heavy (non-hydrogen) atoms. The maximum absolute atomic E-state index is 13.9. The number of halogens is 3. The molecule has 3 aromatic carbocycles. The first-order chi connectivity index (χ1) is 20.4. The van der Waals surface area contributed by atoms with Crippen LogP contribution in [-0.4, -0.2) is 35.0 Å². The Bertz CT molecular complexity index is 1700. The molecular formula is C31H29Br2FN4O4. The summed E-state index contributed by atoms with van der Waals surface area (Å²) in [7, 11) is 0. The van der Waals surface area contributed by atoms with Gasteiger partial charge in [-0.2, -0.15) is 9.78 Å². The van der Waals surface area contributed by atoms with Crippen molar-refractivity contribution in [3.8, 4) is 11.5 Å². The third-order valence-corrected chi connectivity index (χ3v) is 9.16. The Kier molecular flexibility index (Phi) is 9.69. The zero-order valence-electron chi connectivity index (χ0n) is 22.9. The number of para-hydroxylation sites is 2. The zero-order chi connectivity index (χ0) is 29.6. The number of carbonyl (C=O) groups is 1. The van der Waals surface area contributed by atoms with E-state index in [1.54, 1.807) is 30.5 Å². The number of nitrogens with one attached hydrogen (secondary N) is 1. The number of benzene rings is 3. The first-order valence-electron chi connectivity index (χ1n) is 13.7. The molecule has 1 aromatic heterocycles. The van der Waals surface area contributed by atoms with E-state index in [0.717, 1.165) is 25.7 Å². The lowest BCUT2D eigenvalue weighted by Gasteiger charge is -2.22. The smallest absolute Gasteiger partial charge is 0.282 e. The van der Waals surface area contributed by atoms with Crippen LogP contribution in [0.5, 0.6) is 11.5 Å². The maximum Gasteiger partial charge on any atom is 0.282 e. The van der Waals surface area contributed by atoms with Gasteiger partial charge in [0.05, 0.1) is 33.9 Å². The highest BCUT2D eigenvalue weighted by molar-refractivity contribution is 9.13. The quantitative estimate of drug-likeness (QED) is 0.184. The summed E-state index contributed by atoms with van der Waals surface area (Å²) in [6.45, 7) is 1.78. The molecule has 1 fully saturated rings. The van der Waals surface area contributed by atoms with Gasteiger partial charge in [-0.05, 0) is 82.0 Å². The average molecular weight is 700 g/mol. The van der Waals surface area contributed by atoms with E-state index in [1.807, 2.05) is 25.1 Å². The molecular weight excluding hydrogens is 671 g/mol. The molecule has 8 nitrogen and oxygen atoms in total. The van der Waals surface area contributed by atoms with Crippen molar-refractivity contribution in [1.82, 2.24) is 9.66 Å². The highest BCUT2D eigenvalue weighted by Crippen LogP contribution is 2.42. The Morgan fingerprint density at radius 1 is 1.10 bits per heavy atom. The standard InChI is InChI=1S/C31H29Br2FN4O4/c1-2-41-25-16-20(27(32)28(33)29(25)42-18-26(39)36-24-15-9-7-13-22(24)34)17-35-38-30(19-10-4-3-5-11-19)37-23-14-8-6-12-21(23)31(38)40/h6-9,12-17,19H,2-5,10-11,18H2,1H3,(H,36,39). The van der Waals surface area contributed by atoms with E-state index < -0.39 is 11.7 Å². The van der Waals surface area contributed by atoms with Crippen molar-refractivity contribution in [3.63, 3.8) is 0 Å². The monoisotopic (exact) mass is 698 g/mol. The molecule has 4 aromatic rings. The minimum Gasteiger partial charge on any atom is -0.490 e. The minimum absolute atomic E-state index is 0.0638.